The van der Waals surface area contributed by atoms with E-state index in [2.05, 4.69) is 27.2 Å². The molecule has 1 heterocycles. The maximum Gasteiger partial charge on any atom is 0.573 e. The molecule has 1 aliphatic carbocycles. The number of allylic oxidation sites excluding steroid dienone is 1. The summed E-state index contributed by atoms with van der Waals surface area (Å²) >= 11 is 0. The second-order valence-electron chi connectivity index (χ2n) is 8.17. The predicted octanol–water partition coefficient (Wildman–Crippen LogP) is 4.11. The first kappa shape index (κ1) is 24.8. The van der Waals surface area contributed by atoms with Crippen LogP contribution in [0.4, 0.5) is 13.2 Å². The highest BCUT2D eigenvalue weighted by molar-refractivity contribution is 5.32. The molecule has 0 radical (unpaired) electrons. The van der Waals surface area contributed by atoms with Gasteiger partial charge in [-0.25, -0.2) is 9.67 Å². The number of rotatable bonds is 11. The highest BCUT2D eigenvalue weighted by Crippen LogP contribution is 2.45. The zero-order valence-corrected chi connectivity index (χ0v) is 18.9. The van der Waals surface area contributed by atoms with E-state index in [4.69, 9.17) is 14.3 Å². The minimum Gasteiger partial charge on any atom is -0.493 e. The molecule has 1 aliphatic rings. The molecule has 0 amide bonds. The Morgan fingerprint density at radius 1 is 1.18 bits per heavy atom. The van der Waals surface area contributed by atoms with E-state index < -0.39 is 6.36 Å². The lowest BCUT2D eigenvalue weighted by Gasteiger charge is -2.41. The van der Waals surface area contributed by atoms with Crippen molar-refractivity contribution in [1.82, 2.24) is 20.2 Å². The molecule has 3 rings (SSSR count). The number of alkyl halides is 3. The Balaban J connectivity index is 1.80. The number of nitrogens with zero attached hydrogens (tertiary/aromatic N) is 3. The fourth-order valence-corrected chi connectivity index (χ4v) is 4.07. The Hall–Kier alpha value is -2.79. The largest absolute Gasteiger partial charge is 0.573 e. The number of hydroxylamine groups is 1. The lowest BCUT2D eigenvalue weighted by molar-refractivity contribution is -0.274. The standard InChI is InChI=1S/C22H29F3N4O4/c1-21(10-11-30-2)9-8-16(19(20(21)28-31-3)12-29-15-26-14-27-29)13-32-17-4-6-18(7-5-17)33-22(23,24)25/h4-7,14-16,28H,8-13H2,1-3H3/t16-,21-/m0/s1. The fraction of sp³-hybridized carbons (Fsp3) is 0.545. The number of halogens is 3. The minimum absolute atomic E-state index is 0.0357. The van der Waals surface area contributed by atoms with E-state index in [9.17, 15) is 13.2 Å². The molecule has 1 aromatic carbocycles. The number of methoxy groups -OCH3 is 1. The molecule has 0 spiro atoms. The van der Waals surface area contributed by atoms with Crippen LogP contribution in [-0.4, -0.2) is 48.6 Å². The van der Waals surface area contributed by atoms with E-state index in [0.29, 0.717) is 25.5 Å². The zero-order chi connectivity index (χ0) is 23.9. The average molecular weight is 470 g/mol. The van der Waals surface area contributed by atoms with Crippen molar-refractivity contribution in [2.45, 2.75) is 39.1 Å². The Bertz CT molecular complexity index is 903. The average Bonchev–Trinajstić information content (AvgIpc) is 3.28. The van der Waals surface area contributed by atoms with E-state index in [1.165, 1.54) is 30.6 Å². The van der Waals surface area contributed by atoms with Crippen molar-refractivity contribution in [1.29, 1.82) is 0 Å². The topological polar surface area (TPSA) is 79.7 Å². The first-order valence-corrected chi connectivity index (χ1v) is 10.6. The first-order valence-electron chi connectivity index (χ1n) is 10.6. The van der Waals surface area contributed by atoms with Gasteiger partial charge in [-0.1, -0.05) is 6.92 Å². The van der Waals surface area contributed by atoms with Gasteiger partial charge >= 0.3 is 6.36 Å². The summed E-state index contributed by atoms with van der Waals surface area (Å²) in [5.41, 5.74) is 4.94. The minimum atomic E-state index is -4.73. The normalized spacial score (nSPS) is 21.2. The molecule has 0 unspecified atom stereocenters. The third kappa shape index (κ3) is 6.84. The van der Waals surface area contributed by atoms with Crippen LogP contribution in [0.25, 0.3) is 0 Å². The van der Waals surface area contributed by atoms with Crippen LogP contribution in [-0.2, 0) is 16.1 Å². The molecular weight excluding hydrogens is 441 g/mol. The monoisotopic (exact) mass is 470 g/mol. The molecule has 0 aliphatic heterocycles. The maximum absolute atomic E-state index is 12.4. The van der Waals surface area contributed by atoms with Crippen molar-refractivity contribution in [3.63, 3.8) is 0 Å². The second-order valence-corrected chi connectivity index (χ2v) is 8.17. The van der Waals surface area contributed by atoms with Gasteiger partial charge in [-0.15, -0.1) is 13.2 Å². The molecule has 0 bridgehead atoms. The van der Waals surface area contributed by atoms with Gasteiger partial charge in [-0.3, -0.25) is 10.3 Å². The lowest BCUT2D eigenvalue weighted by atomic mass is 9.69. The number of aromatic nitrogens is 3. The predicted molar refractivity (Wildman–Crippen MR) is 113 cm³/mol. The number of hydrogen-bond donors (Lipinski definition) is 1. The van der Waals surface area contributed by atoms with Gasteiger partial charge in [0.2, 0.25) is 0 Å². The number of nitrogens with one attached hydrogen (secondary N) is 1. The number of benzene rings is 1. The van der Waals surface area contributed by atoms with Crippen LogP contribution in [0.15, 0.2) is 48.2 Å². The smallest absolute Gasteiger partial charge is 0.493 e. The van der Waals surface area contributed by atoms with Crippen LogP contribution >= 0.6 is 0 Å². The van der Waals surface area contributed by atoms with Gasteiger partial charge in [0.1, 0.15) is 24.2 Å². The van der Waals surface area contributed by atoms with Crippen molar-refractivity contribution >= 4 is 0 Å². The van der Waals surface area contributed by atoms with Gasteiger partial charge in [-0.05, 0) is 49.1 Å². The molecule has 0 saturated carbocycles. The second kappa shape index (κ2) is 10.9. The van der Waals surface area contributed by atoms with Gasteiger partial charge in [0.25, 0.3) is 0 Å². The summed E-state index contributed by atoms with van der Waals surface area (Å²) < 4.78 is 54.1. The van der Waals surface area contributed by atoms with Gasteiger partial charge in [0, 0.05) is 30.7 Å². The summed E-state index contributed by atoms with van der Waals surface area (Å²) in [6.45, 7) is 3.63. The van der Waals surface area contributed by atoms with Gasteiger partial charge in [0.15, 0.2) is 0 Å². The molecule has 1 aromatic heterocycles. The van der Waals surface area contributed by atoms with Crippen molar-refractivity contribution in [2.24, 2.45) is 11.3 Å². The maximum atomic E-state index is 12.4. The van der Waals surface area contributed by atoms with Crippen LogP contribution in [0.3, 0.4) is 0 Å². The number of hydrogen-bond acceptors (Lipinski definition) is 7. The molecule has 182 valence electrons. The summed E-state index contributed by atoms with van der Waals surface area (Å²) in [5.74, 6) is 0.201. The highest BCUT2D eigenvalue weighted by Gasteiger charge is 2.39. The van der Waals surface area contributed by atoms with E-state index in [1.54, 1.807) is 25.2 Å². The summed E-state index contributed by atoms with van der Waals surface area (Å²) in [5, 5.41) is 4.24. The molecular formula is C22H29F3N4O4. The Labute approximate surface area is 190 Å². The zero-order valence-electron chi connectivity index (χ0n) is 18.9. The Kier molecular flexibility index (Phi) is 8.20. The SMILES string of the molecule is COCC[C@]1(C)CC[C@@H](COc2ccc(OC(F)(F)F)cc2)C(Cn2cncn2)=C1NOC. The third-order valence-corrected chi connectivity index (χ3v) is 5.83. The quantitative estimate of drug-likeness (QED) is 0.495. The molecule has 1 N–H and O–H groups in total. The Morgan fingerprint density at radius 3 is 2.52 bits per heavy atom. The van der Waals surface area contributed by atoms with E-state index >= 15 is 0 Å². The van der Waals surface area contributed by atoms with Gasteiger partial charge < -0.3 is 14.2 Å². The van der Waals surface area contributed by atoms with E-state index in [0.717, 1.165) is 30.5 Å². The Morgan fingerprint density at radius 2 is 1.91 bits per heavy atom. The molecule has 8 nitrogen and oxygen atoms in total. The molecule has 2 atom stereocenters. The fourth-order valence-electron chi connectivity index (χ4n) is 4.07. The van der Waals surface area contributed by atoms with Crippen LogP contribution < -0.4 is 15.0 Å². The summed E-state index contributed by atoms with van der Waals surface area (Å²) in [4.78, 5) is 9.36. The van der Waals surface area contributed by atoms with E-state index in [1.807, 2.05) is 0 Å². The highest BCUT2D eigenvalue weighted by atomic mass is 19.4. The van der Waals surface area contributed by atoms with Crippen LogP contribution in [0.1, 0.15) is 26.2 Å². The lowest BCUT2D eigenvalue weighted by Crippen LogP contribution is -2.39. The van der Waals surface area contributed by atoms with Crippen molar-refractivity contribution in [2.75, 3.05) is 27.4 Å². The summed E-state index contributed by atoms with van der Waals surface area (Å²) in [6.07, 6.45) is 0.947. The van der Waals surface area contributed by atoms with Crippen LogP contribution in [0.2, 0.25) is 0 Å². The summed E-state index contributed by atoms with van der Waals surface area (Å²) in [7, 11) is 3.25. The van der Waals surface area contributed by atoms with Crippen molar-refractivity contribution in [3.8, 4) is 11.5 Å². The molecule has 0 fully saturated rings. The van der Waals surface area contributed by atoms with Gasteiger partial charge in [-0.2, -0.15) is 5.10 Å². The summed E-state index contributed by atoms with van der Waals surface area (Å²) in [6, 6.07) is 5.38. The molecule has 33 heavy (non-hydrogen) atoms. The first-order chi connectivity index (χ1) is 15.7. The number of ether oxygens (including phenoxy) is 3. The van der Waals surface area contributed by atoms with Crippen molar-refractivity contribution in [3.05, 3.63) is 48.2 Å². The molecule has 2 aromatic rings. The molecule has 0 saturated heterocycles. The van der Waals surface area contributed by atoms with E-state index in [-0.39, 0.29) is 17.1 Å². The van der Waals surface area contributed by atoms with Crippen LogP contribution in [0, 0.1) is 11.3 Å². The van der Waals surface area contributed by atoms with Crippen LogP contribution in [0.5, 0.6) is 11.5 Å². The third-order valence-electron chi connectivity index (χ3n) is 5.83. The van der Waals surface area contributed by atoms with Gasteiger partial charge in [0.05, 0.1) is 20.3 Å². The van der Waals surface area contributed by atoms with Crippen molar-refractivity contribution < 1.29 is 32.2 Å². The molecule has 11 heteroatoms.